The van der Waals surface area contributed by atoms with Crippen LogP contribution in [0.25, 0.3) is 0 Å². The number of rotatable bonds is 26. The number of Topliss-reactive ketones (excluding diaryl/α,β-unsaturated/α-hetero) is 1. The van der Waals surface area contributed by atoms with E-state index in [1.807, 2.05) is 0 Å². The van der Waals surface area contributed by atoms with Crippen molar-refractivity contribution < 1.29 is 68.5 Å². The van der Waals surface area contributed by atoms with Crippen molar-refractivity contribution in [3.05, 3.63) is 59.7 Å². The number of para-hydroxylation sites is 2. The maximum Gasteiger partial charge on any atom is 0.344 e. The van der Waals surface area contributed by atoms with Crippen LogP contribution in [0.5, 0.6) is 11.5 Å². The molecule has 0 radical (unpaired) electrons. The quantitative estimate of drug-likeness (QED) is 0.0490. The monoisotopic (exact) mass is 750 g/mol. The van der Waals surface area contributed by atoms with Crippen molar-refractivity contribution in [2.45, 2.75) is 75.3 Å². The number of nitrogens with zero attached hydrogens (tertiary/aromatic N) is 2. The van der Waals surface area contributed by atoms with Crippen LogP contribution in [0, 0.1) is 0 Å². The largest absolute Gasteiger partial charge is 0.508 e. The number of carbonyl (C=O) groups is 1. The molecule has 0 aliphatic heterocycles. The van der Waals surface area contributed by atoms with E-state index < -0.39 is 65.2 Å². The van der Waals surface area contributed by atoms with Gasteiger partial charge in [-0.25, -0.2) is 0 Å². The molecule has 0 bridgehead atoms. The second-order valence-electron chi connectivity index (χ2n) is 11.9. The van der Waals surface area contributed by atoms with Crippen LogP contribution in [0.3, 0.4) is 0 Å². The molecule has 16 nitrogen and oxygen atoms in total. The summed E-state index contributed by atoms with van der Waals surface area (Å²) in [5, 5.41) is 52.7. The van der Waals surface area contributed by atoms with E-state index in [-0.39, 0.29) is 60.8 Å². The third-order valence-corrected chi connectivity index (χ3v) is 10.9. The van der Waals surface area contributed by atoms with Crippen LogP contribution in [0.4, 0.5) is 0 Å². The fourth-order valence-corrected chi connectivity index (χ4v) is 7.52. The summed E-state index contributed by atoms with van der Waals surface area (Å²) in [7, 11) is -8.76. The van der Waals surface area contributed by atoms with E-state index in [0.29, 0.717) is 32.5 Å². The van der Waals surface area contributed by atoms with Gasteiger partial charge in [0.05, 0.1) is 39.6 Å². The van der Waals surface area contributed by atoms with Gasteiger partial charge in [-0.2, -0.15) is 0 Å². The molecule has 0 aliphatic rings. The van der Waals surface area contributed by atoms with Crippen molar-refractivity contribution in [1.82, 2.24) is 9.80 Å². The Balaban J connectivity index is 2.56. The lowest BCUT2D eigenvalue weighted by Gasteiger charge is -2.46. The van der Waals surface area contributed by atoms with E-state index in [2.05, 4.69) is 0 Å². The maximum absolute atomic E-state index is 12.8. The zero-order valence-corrected chi connectivity index (χ0v) is 30.0. The highest BCUT2D eigenvalue weighted by molar-refractivity contribution is 7.52. The van der Waals surface area contributed by atoms with E-state index in [1.165, 1.54) is 48.4 Å². The number of hydrogen-bond donors (Lipinski definition) is 9. The third-order valence-electron chi connectivity index (χ3n) is 8.45. The summed E-state index contributed by atoms with van der Waals surface area (Å²) >= 11 is 0. The average molecular weight is 751 g/mol. The van der Waals surface area contributed by atoms with E-state index in [0.717, 1.165) is 4.90 Å². The second-order valence-corrected chi connectivity index (χ2v) is 15.5. The molecule has 0 aromatic heterocycles. The highest BCUT2D eigenvalue weighted by atomic mass is 31.2. The number of methoxy groups -OCH3 is 1. The molecule has 0 amide bonds. The lowest BCUT2D eigenvalue weighted by molar-refractivity contribution is -0.120. The van der Waals surface area contributed by atoms with Crippen molar-refractivity contribution in [1.29, 1.82) is 0 Å². The number of hydrogen-bond acceptors (Lipinski definition) is 12. The molecule has 0 saturated carbocycles. The highest BCUT2D eigenvalue weighted by Gasteiger charge is 2.46. The average Bonchev–Trinajstić information content (AvgIpc) is 3.04. The summed E-state index contributed by atoms with van der Waals surface area (Å²) in [4.78, 5) is 56.1. The van der Waals surface area contributed by atoms with E-state index in [1.54, 1.807) is 12.1 Å². The molecule has 284 valence electrons. The summed E-state index contributed by atoms with van der Waals surface area (Å²) in [6, 6.07) is 9.35. The van der Waals surface area contributed by atoms with Gasteiger partial charge >= 0.3 is 15.2 Å². The number of phenols is 2. The van der Waals surface area contributed by atoms with Gasteiger partial charge in [-0.15, -0.1) is 0 Å². The van der Waals surface area contributed by atoms with Crippen LogP contribution < -0.4 is 0 Å². The number of benzene rings is 2. The van der Waals surface area contributed by atoms with Crippen LogP contribution in [-0.2, 0) is 36.5 Å². The molecule has 0 aliphatic carbocycles. The summed E-state index contributed by atoms with van der Waals surface area (Å²) in [6.07, 6.45) is 1.66. The normalized spacial score (nSPS) is 14.9. The molecule has 0 saturated heterocycles. The van der Waals surface area contributed by atoms with Crippen LogP contribution in [0.1, 0.15) is 49.7 Å². The molecule has 18 heteroatoms. The Hall–Kier alpha value is -2.27. The van der Waals surface area contributed by atoms with Gasteiger partial charge in [0.2, 0.25) is 0 Å². The zero-order chi connectivity index (χ0) is 37.3. The molecule has 4 atom stereocenters. The lowest BCUT2D eigenvalue weighted by Crippen LogP contribution is -2.59. The van der Waals surface area contributed by atoms with Gasteiger partial charge in [0.15, 0.2) is 0 Å². The number of ketones is 1. The minimum Gasteiger partial charge on any atom is -0.508 e. The van der Waals surface area contributed by atoms with E-state index >= 15 is 0 Å². The minimum atomic E-state index is -5.16. The molecule has 0 fully saturated rings. The minimum absolute atomic E-state index is 0.0280. The molecule has 4 unspecified atom stereocenters. The van der Waals surface area contributed by atoms with Gasteiger partial charge < -0.3 is 54.6 Å². The second kappa shape index (κ2) is 21.9. The standard InChI is InChI=1S/C32H52N2O14P2/c1-47-17-18-48-16-15-26(38)11-3-2-4-12-27(33(31(22-36)49(41,42)43)19-24-9-5-7-13-29(24)39)28(21-35)34(32(23-37)50(44,45)46)20-25-10-6-8-14-30(25)40/h5-10,13-14,27-28,31-32,35-37,39-40H,2-4,11-12,15-23H2,1H3,(H2,41,42,43)(H2,44,45,46). The predicted molar refractivity (Wildman–Crippen MR) is 183 cm³/mol. The predicted octanol–water partition coefficient (Wildman–Crippen LogP) is 1.70. The molecule has 0 heterocycles. The van der Waals surface area contributed by atoms with Gasteiger partial charge in [0, 0.05) is 56.3 Å². The van der Waals surface area contributed by atoms with Crippen molar-refractivity contribution in [3.8, 4) is 11.5 Å². The highest BCUT2D eigenvalue weighted by Crippen LogP contribution is 2.48. The van der Waals surface area contributed by atoms with E-state index in [4.69, 9.17) is 9.47 Å². The van der Waals surface area contributed by atoms with Crippen molar-refractivity contribution in [2.75, 3.05) is 46.8 Å². The summed E-state index contributed by atoms with van der Waals surface area (Å²) in [5.74, 6) is -4.29. The number of aromatic hydroxyl groups is 2. The SMILES string of the molecule is COCCOCCC(=O)CCCCCC(C(CO)N(Cc1ccccc1O)C(CO)P(=O)(O)O)N(Cc1ccccc1O)C(CO)P(=O)(O)O. The molecule has 50 heavy (non-hydrogen) atoms. The first kappa shape index (κ1) is 43.9. The van der Waals surface area contributed by atoms with Gasteiger partial charge in [-0.3, -0.25) is 23.7 Å². The number of unbranched alkanes of at least 4 members (excludes halogenated alkanes) is 2. The fraction of sp³-hybridized carbons (Fsp3) is 0.594. The number of phenolic OH excluding ortho intramolecular Hbond substituents is 2. The lowest BCUT2D eigenvalue weighted by atomic mass is 9.95. The first-order chi connectivity index (χ1) is 23.7. The third kappa shape index (κ3) is 14.0. The molecule has 2 aromatic rings. The Bertz CT molecular complexity index is 1390. The summed E-state index contributed by atoms with van der Waals surface area (Å²) in [5.41, 5.74) is 0.391. The number of carbonyl (C=O) groups excluding carboxylic acids is 1. The van der Waals surface area contributed by atoms with Crippen LogP contribution >= 0.6 is 15.2 Å². The molecule has 0 spiro atoms. The fourth-order valence-electron chi connectivity index (χ4n) is 5.81. The number of aliphatic hydroxyl groups excluding tert-OH is 3. The van der Waals surface area contributed by atoms with Gasteiger partial charge in [0.25, 0.3) is 0 Å². The molecule has 2 rings (SSSR count). The molecular weight excluding hydrogens is 698 g/mol. The van der Waals surface area contributed by atoms with Gasteiger partial charge in [-0.05, 0) is 25.0 Å². The van der Waals surface area contributed by atoms with Gasteiger partial charge in [-0.1, -0.05) is 49.2 Å². The van der Waals surface area contributed by atoms with Crippen molar-refractivity contribution in [2.24, 2.45) is 0 Å². The topological polar surface area (TPSA) is 258 Å². The zero-order valence-electron chi connectivity index (χ0n) is 28.2. The smallest absolute Gasteiger partial charge is 0.344 e. The Labute approximate surface area is 292 Å². The molecule has 2 aromatic carbocycles. The molecule has 9 N–H and O–H groups in total. The van der Waals surface area contributed by atoms with Gasteiger partial charge in [0.1, 0.15) is 28.8 Å². The van der Waals surface area contributed by atoms with Crippen LogP contribution in [0.15, 0.2) is 48.5 Å². The van der Waals surface area contributed by atoms with Crippen molar-refractivity contribution in [3.63, 3.8) is 0 Å². The summed E-state index contributed by atoms with van der Waals surface area (Å²) in [6.45, 7) is -2.75. The Morgan fingerprint density at radius 3 is 1.62 bits per heavy atom. The maximum atomic E-state index is 12.8. The van der Waals surface area contributed by atoms with Crippen LogP contribution in [-0.4, -0.2) is 131 Å². The first-order valence-electron chi connectivity index (χ1n) is 16.3. The Kier molecular flexibility index (Phi) is 19.3. The molecular formula is C32H52N2O14P2. The number of aliphatic hydroxyl groups is 3. The van der Waals surface area contributed by atoms with Crippen molar-refractivity contribution >= 4 is 21.0 Å². The Morgan fingerprint density at radius 2 is 1.18 bits per heavy atom. The summed E-state index contributed by atoms with van der Waals surface area (Å²) < 4.78 is 35.8. The number of ether oxygens (including phenoxy) is 2. The Morgan fingerprint density at radius 1 is 0.680 bits per heavy atom. The van der Waals surface area contributed by atoms with Crippen LogP contribution in [0.2, 0.25) is 0 Å². The van der Waals surface area contributed by atoms with E-state index in [9.17, 15) is 59.0 Å². The first-order valence-corrected chi connectivity index (χ1v) is 19.6.